The Morgan fingerprint density at radius 2 is 1.73 bits per heavy atom. The summed E-state index contributed by atoms with van der Waals surface area (Å²) in [5.41, 5.74) is 3.20. The monoisotopic (exact) mass is 519 g/mol. The van der Waals surface area contributed by atoms with Crippen molar-refractivity contribution in [1.82, 2.24) is 4.57 Å². The van der Waals surface area contributed by atoms with Crippen LogP contribution in [0.15, 0.2) is 69.6 Å². The van der Waals surface area contributed by atoms with Crippen molar-refractivity contribution in [2.24, 2.45) is 4.99 Å². The molecule has 0 N–H and O–H groups in total. The maximum absolute atomic E-state index is 13.7. The largest absolute Gasteiger partial charge is 0.466 e. The van der Waals surface area contributed by atoms with Crippen LogP contribution in [-0.4, -0.2) is 36.7 Å². The van der Waals surface area contributed by atoms with Crippen LogP contribution in [0.2, 0.25) is 0 Å². The first-order valence-electron chi connectivity index (χ1n) is 12.0. The van der Waals surface area contributed by atoms with E-state index in [4.69, 9.17) is 9.47 Å². The predicted octanol–water partition coefficient (Wildman–Crippen LogP) is 3.18. The van der Waals surface area contributed by atoms with Crippen molar-refractivity contribution in [3.63, 3.8) is 0 Å². The van der Waals surface area contributed by atoms with E-state index in [1.807, 2.05) is 30.3 Å². The van der Waals surface area contributed by atoms with Gasteiger partial charge in [0.2, 0.25) is 0 Å². The molecular weight excluding hydrogens is 490 g/mol. The van der Waals surface area contributed by atoms with Crippen molar-refractivity contribution in [1.29, 1.82) is 0 Å². The number of hydrogen-bond donors (Lipinski definition) is 0. The molecule has 0 spiro atoms. The number of hydrogen-bond acceptors (Lipinski definition) is 8. The maximum Gasteiger partial charge on any atom is 0.338 e. The molecule has 37 heavy (non-hydrogen) atoms. The van der Waals surface area contributed by atoms with Crippen molar-refractivity contribution in [3.05, 3.63) is 90.6 Å². The van der Waals surface area contributed by atoms with E-state index in [0.717, 1.165) is 24.3 Å². The maximum atomic E-state index is 13.7. The van der Waals surface area contributed by atoms with Crippen molar-refractivity contribution < 1.29 is 19.1 Å². The van der Waals surface area contributed by atoms with Gasteiger partial charge in [0.05, 0.1) is 29.0 Å². The summed E-state index contributed by atoms with van der Waals surface area (Å²) in [5.74, 6) is -0.620. The zero-order chi connectivity index (χ0) is 26.7. The summed E-state index contributed by atoms with van der Waals surface area (Å²) in [6.45, 7) is 9.11. The van der Waals surface area contributed by atoms with Crippen LogP contribution in [-0.2, 0) is 14.3 Å². The first kappa shape index (κ1) is 26.1. The summed E-state index contributed by atoms with van der Waals surface area (Å²) in [4.78, 5) is 45.1. The highest BCUT2D eigenvalue weighted by molar-refractivity contribution is 7.07. The fourth-order valence-corrected chi connectivity index (χ4v) is 5.46. The summed E-state index contributed by atoms with van der Waals surface area (Å²) in [7, 11) is 1.30. The molecule has 1 aliphatic heterocycles. The van der Waals surface area contributed by atoms with Crippen molar-refractivity contribution in [2.45, 2.75) is 33.7 Å². The van der Waals surface area contributed by atoms with Gasteiger partial charge in [-0.1, -0.05) is 35.6 Å². The van der Waals surface area contributed by atoms with Crippen LogP contribution in [0.5, 0.6) is 5.75 Å². The minimum atomic E-state index is -0.734. The van der Waals surface area contributed by atoms with E-state index in [9.17, 15) is 14.4 Å². The number of esters is 2. The molecule has 1 aromatic heterocycles. The standard InChI is InChI=1S/C28H29N3O5S/c1-6-30(7-2)21-12-8-19(9-13-21)16-23-26(33)31-25(20-10-14-22(15-11-20)36-18(4)32)24(27(34)35-5)17(3)29-28(31)37-23/h8-16,25H,6-7H2,1-5H3/b23-16+/t25-/m0/s1. The molecule has 0 aliphatic carbocycles. The fourth-order valence-electron chi connectivity index (χ4n) is 4.41. The lowest BCUT2D eigenvalue weighted by Gasteiger charge is -2.24. The molecule has 0 fully saturated rings. The van der Waals surface area contributed by atoms with Crippen molar-refractivity contribution in [3.8, 4) is 5.75 Å². The molecule has 1 atom stereocenters. The third kappa shape index (κ3) is 5.27. The van der Waals surface area contributed by atoms with E-state index in [1.54, 1.807) is 31.2 Å². The molecule has 8 nitrogen and oxygen atoms in total. The van der Waals surface area contributed by atoms with Gasteiger partial charge in [-0.15, -0.1) is 0 Å². The van der Waals surface area contributed by atoms with Crippen molar-refractivity contribution >= 4 is 35.0 Å². The molecule has 4 rings (SSSR count). The highest BCUT2D eigenvalue weighted by Crippen LogP contribution is 2.31. The molecule has 192 valence electrons. The average molecular weight is 520 g/mol. The van der Waals surface area contributed by atoms with Gasteiger partial charge < -0.3 is 14.4 Å². The number of fused-ring (bicyclic) bond motifs is 1. The Kier molecular flexibility index (Phi) is 7.73. The van der Waals surface area contributed by atoms with E-state index < -0.39 is 18.0 Å². The lowest BCUT2D eigenvalue weighted by Crippen LogP contribution is -2.39. The second kappa shape index (κ2) is 11.0. The molecule has 0 saturated heterocycles. The first-order chi connectivity index (χ1) is 17.8. The Morgan fingerprint density at radius 3 is 2.30 bits per heavy atom. The molecular formula is C28H29N3O5S. The van der Waals surface area contributed by atoms with Gasteiger partial charge in [-0.3, -0.25) is 14.2 Å². The van der Waals surface area contributed by atoms with Gasteiger partial charge in [0.1, 0.15) is 5.75 Å². The van der Waals surface area contributed by atoms with Gasteiger partial charge in [-0.2, -0.15) is 0 Å². The van der Waals surface area contributed by atoms with Crippen LogP contribution < -0.4 is 24.5 Å². The van der Waals surface area contributed by atoms with Gasteiger partial charge in [-0.25, -0.2) is 9.79 Å². The van der Waals surface area contributed by atoms with Crippen LogP contribution in [0.25, 0.3) is 6.08 Å². The highest BCUT2D eigenvalue weighted by atomic mass is 32.1. The number of benzene rings is 2. The topological polar surface area (TPSA) is 90.2 Å². The van der Waals surface area contributed by atoms with E-state index >= 15 is 0 Å². The molecule has 0 unspecified atom stereocenters. The number of methoxy groups -OCH3 is 1. The number of allylic oxidation sites excluding steroid dienone is 1. The number of carbonyl (C=O) groups excluding carboxylic acids is 2. The Bertz CT molecular complexity index is 1530. The summed E-state index contributed by atoms with van der Waals surface area (Å²) in [6.07, 6.45) is 1.84. The van der Waals surface area contributed by atoms with E-state index in [0.29, 0.717) is 26.3 Å². The van der Waals surface area contributed by atoms with Crippen molar-refractivity contribution in [2.75, 3.05) is 25.1 Å². The number of ether oxygens (including phenoxy) is 2. The number of rotatable bonds is 7. The normalized spacial score (nSPS) is 15.2. The number of thiazole rings is 1. The van der Waals surface area contributed by atoms with Gasteiger partial charge >= 0.3 is 11.9 Å². The zero-order valence-electron chi connectivity index (χ0n) is 21.5. The Labute approximate surface area is 218 Å². The van der Waals surface area contributed by atoms with E-state index in [2.05, 4.69) is 23.7 Å². The van der Waals surface area contributed by atoms with Crippen LogP contribution in [0, 0.1) is 0 Å². The first-order valence-corrected chi connectivity index (χ1v) is 12.8. The number of nitrogens with zero attached hydrogens (tertiary/aromatic N) is 3. The average Bonchev–Trinajstić information content (AvgIpc) is 3.18. The van der Waals surface area contributed by atoms with E-state index in [-0.39, 0.29) is 11.1 Å². The quantitative estimate of drug-likeness (QED) is 0.352. The lowest BCUT2D eigenvalue weighted by atomic mass is 9.96. The zero-order valence-corrected chi connectivity index (χ0v) is 22.3. The van der Waals surface area contributed by atoms with Gasteiger partial charge in [0.25, 0.3) is 5.56 Å². The van der Waals surface area contributed by atoms with E-state index in [1.165, 1.54) is 29.9 Å². The third-order valence-corrected chi connectivity index (χ3v) is 7.19. The number of aromatic nitrogens is 1. The number of anilines is 1. The summed E-state index contributed by atoms with van der Waals surface area (Å²) >= 11 is 1.27. The molecule has 9 heteroatoms. The second-order valence-corrected chi connectivity index (χ2v) is 9.51. The van der Waals surface area contributed by atoms with Crippen LogP contribution >= 0.6 is 11.3 Å². The molecule has 0 amide bonds. The highest BCUT2D eigenvalue weighted by Gasteiger charge is 2.33. The fraction of sp³-hybridized carbons (Fsp3) is 0.286. The molecule has 0 bridgehead atoms. The second-order valence-electron chi connectivity index (χ2n) is 8.50. The SMILES string of the molecule is CCN(CC)c1ccc(/C=c2/sc3n(c2=O)[C@@H](c2ccc(OC(C)=O)cc2)C(C(=O)OC)=C(C)N=3)cc1. The molecule has 2 aromatic carbocycles. The van der Waals surface area contributed by atoms with Crippen LogP contribution in [0.3, 0.4) is 0 Å². The number of carbonyl (C=O) groups is 2. The smallest absolute Gasteiger partial charge is 0.338 e. The molecule has 0 radical (unpaired) electrons. The molecule has 1 aliphatic rings. The molecule has 0 saturated carbocycles. The van der Waals surface area contributed by atoms with Crippen LogP contribution in [0.4, 0.5) is 5.69 Å². The summed E-state index contributed by atoms with van der Waals surface area (Å²) in [5, 5.41) is 0. The minimum absolute atomic E-state index is 0.250. The Hall–Kier alpha value is -3.98. The third-order valence-electron chi connectivity index (χ3n) is 6.20. The summed E-state index contributed by atoms with van der Waals surface area (Å²) < 4.78 is 12.2. The molecule has 2 heterocycles. The van der Waals surface area contributed by atoms with Crippen LogP contribution in [0.1, 0.15) is 44.9 Å². The summed E-state index contributed by atoms with van der Waals surface area (Å²) in [6, 6.07) is 14.1. The minimum Gasteiger partial charge on any atom is -0.466 e. The Morgan fingerprint density at radius 1 is 1.08 bits per heavy atom. The lowest BCUT2D eigenvalue weighted by molar-refractivity contribution is -0.136. The van der Waals surface area contributed by atoms with Gasteiger partial charge in [-0.05, 0) is 62.2 Å². The van der Waals surface area contributed by atoms with Gasteiger partial charge in [0, 0.05) is 25.7 Å². The van der Waals surface area contributed by atoms with Gasteiger partial charge in [0.15, 0.2) is 4.80 Å². The predicted molar refractivity (Wildman–Crippen MR) is 144 cm³/mol. The molecule has 3 aromatic rings. The Balaban J connectivity index is 1.83.